The molecular formula is C13H20ClN3O. The van der Waals surface area contributed by atoms with Crippen LogP contribution in [0.15, 0.2) is 17.2 Å². The predicted molar refractivity (Wildman–Crippen MR) is 74.2 cm³/mol. The largest absolute Gasteiger partial charge is 0.359 e. The number of aryl methyl sites for hydroxylation is 1. The quantitative estimate of drug-likeness (QED) is 0.857. The molecule has 1 N–H and O–H groups in total. The number of hydrogen-bond donors (Lipinski definition) is 1. The zero-order chi connectivity index (χ0) is 13.2. The van der Waals surface area contributed by atoms with E-state index >= 15 is 0 Å². The lowest BCUT2D eigenvalue weighted by atomic mass is 9.78. The summed E-state index contributed by atoms with van der Waals surface area (Å²) in [6.07, 6.45) is 7.58. The van der Waals surface area contributed by atoms with E-state index < -0.39 is 0 Å². The third-order valence-electron chi connectivity index (χ3n) is 3.89. The smallest absolute Gasteiger partial charge is 0.293 e. The molecule has 0 radical (unpaired) electrons. The highest BCUT2D eigenvalue weighted by atomic mass is 35.5. The Kier molecular flexibility index (Phi) is 3.95. The van der Waals surface area contributed by atoms with E-state index in [2.05, 4.69) is 17.2 Å². The summed E-state index contributed by atoms with van der Waals surface area (Å²) in [6, 6.07) is 0. The summed E-state index contributed by atoms with van der Waals surface area (Å²) in [5.41, 5.74) is -0.269. The van der Waals surface area contributed by atoms with Gasteiger partial charge in [-0.15, -0.1) is 11.6 Å². The van der Waals surface area contributed by atoms with Gasteiger partial charge in [-0.25, -0.2) is 4.98 Å². The maximum absolute atomic E-state index is 12.0. The Morgan fingerprint density at radius 1 is 1.56 bits per heavy atom. The normalized spacial score (nSPS) is 28.1. The summed E-state index contributed by atoms with van der Waals surface area (Å²) in [6.45, 7) is 2.26. The highest BCUT2D eigenvalue weighted by Crippen LogP contribution is 2.34. The van der Waals surface area contributed by atoms with Gasteiger partial charge in [0.2, 0.25) is 0 Å². The lowest BCUT2D eigenvalue weighted by molar-refractivity contribution is 0.286. The van der Waals surface area contributed by atoms with E-state index in [0.717, 1.165) is 31.6 Å². The van der Waals surface area contributed by atoms with Crippen molar-refractivity contribution in [3.63, 3.8) is 0 Å². The monoisotopic (exact) mass is 269 g/mol. The molecule has 1 heterocycles. The van der Waals surface area contributed by atoms with Gasteiger partial charge in [0.1, 0.15) is 0 Å². The predicted octanol–water partition coefficient (Wildman–Crippen LogP) is 2.38. The van der Waals surface area contributed by atoms with E-state index in [1.807, 2.05) is 0 Å². The first kappa shape index (κ1) is 13.4. The maximum Gasteiger partial charge on any atom is 0.293 e. The van der Waals surface area contributed by atoms with Crippen LogP contribution in [0.25, 0.3) is 0 Å². The van der Waals surface area contributed by atoms with Crippen molar-refractivity contribution in [1.29, 1.82) is 0 Å². The number of alkyl halides is 1. The molecule has 0 aromatic carbocycles. The van der Waals surface area contributed by atoms with E-state index in [-0.39, 0.29) is 11.1 Å². The first-order chi connectivity index (χ1) is 8.56. The standard InChI is InChI=1S/C13H20ClN3O/c1-10-3-5-13(9-14,6-4-10)16-11-12(18)17(2)8-7-15-11/h7-8,10H,3-6,9H2,1-2H3,(H,15,16). The molecule has 2 rings (SSSR count). The van der Waals surface area contributed by atoms with Crippen LogP contribution >= 0.6 is 11.6 Å². The molecular weight excluding hydrogens is 250 g/mol. The fourth-order valence-electron chi connectivity index (χ4n) is 2.44. The fourth-order valence-corrected chi connectivity index (χ4v) is 2.78. The van der Waals surface area contributed by atoms with Crippen molar-refractivity contribution in [3.8, 4) is 0 Å². The van der Waals surface area contributed by atoms with Crippen LogP contribution in [0.2, 0.25) is 0 Å². The molecule has 100 valence electrons. The maximum atomic E-state index is 12.0. The zero-order valence-electron chi connectivity index (χ0n) is 10.9. The molecule has 5 heteroatoms. The average molecular weight is 270 g/mol. The summed E-state index contributed by atoms with van der Waals surface area (Å²) in [7, 11) is 1.73. The average Bonchev–Trinajstić information content (AvgIpc) is 2.38. The number of hydrogen-bond acceptors (Lipinski definition) is 3. The Hall–Kier alpha value is -1.03. The third-order valence-corrected chi connectivity index (χ3v) is 4.40. The van der Waals surface area contributed by atoms with E-state index in [0.29, 0.717) is 11.7 Å². The van der Waals surface area contributed by atoms with Crippen LogP contribution in [-0.4, -0.2) is 21.0 Å². The van der Waals surface area contributed by atoms with Gasteiger partial charge in [0, 0.05) is 25.3 Å². The van der Waals surface area contributed by atoms with Crippen LogP contribution in [0.5, 0.6) is 0 Å². The topological polar surface area (TPSA) is 46.9 Å². The number of anilines is 1. The molecule has 0 atom stereocenters. The molecule has 0 amide bonds. The minimum Gasteiger partial charge on any atom is -0.359 e. The van der Waals surface area contributed by atoms with Crippen LogP contribution in [0.4, 0.5) is 5.82 Å². The van der Waals surface area contributed by atoms with E-state index in [1.165, 1.54) is 4.57 Å². The second-order valence-electron chi connectivity index (χ2n) is 5.41. The van der Waals surface area contributed by atoms with Crippen LogP contribution < -0.4 is 10.9 Å². The van der Waals surface area contributed by atoms with Crippen molar-refractivity contribution in [2.45, 2.75) is 38.1 Å². The van der Waals surface area contributed by atoms with Crippen LogP contribution in [-0.2, 0) is 7.05 Å². The van der Waals surface area contributed by atoms with Crippen molar-refractivity contribution >= 4 is 17.4 Å². The molecule has 1 aliphatic carbocycles. The molecule has 1 aromatic heterocycles. The van der Waals surface area contributed by atoms with Gasteiger partial charge in [0.15, 0.2) is 5.82 Å². The highest BCUT2D eigenvalue weighted by molar-refractivity contribution is 6.18. The van der Waals surface area contributed by atoms with Gasteiger partial charge in [-0.1, -0.05) is 6.92 Å². The number of aromatic nitrogens is 2. The molecule has 1 saturated carbocycles. The van der Waals surface area contributed by atoms with Crippen molar-refractivity contribution in [3.05, 3.63) is 22.7 Å². The molecule has 18 heavy (non-hydrogen) atoms. The number of halogens is 1. The summed E-state index contributed by atoms with van der Waals surface area (Å²) >= 11 is 6.13. The fraction of sp³-hybridized carbons (Fsp3) is 0.692. The van der Waals surface area contributed by atoms with Crippen molar-refractivity contribution in [2.24, 2.45) is 13.0 Å². The first-order valence-electron chi connectivity index (χ1n) is 6.42. The molecule has 0 saturated heterocycles. The molecule has 0 aliphatic heterocycles. The van der Waals surface area contributed by atoms with Crippen molar-refractivity contribution in [2.75, 3.05) is 11.2 Å². The Morgan fingerprint density at radius 3 is 2.83 bits per heavy atom. The number of nitrogens with zero attached hydrogens (tertiary/aromatic N) is 2. The highest BCUT2D eigenvalue weighted by Gasteiger charge is 2.34. The summed E-state index contributed by atoms with van der Waals surface area (Å²) in [5, 5.41) is 3.30. The van der Waals surface area contributed by atoms with Crippen LogP contribution in [0, 0.1) is 5.92 Å². The third kappa shape index (κ3) is 2.69. The minimum absolute atomic E-state index is 0.0967. The van der Waals surface area contributed by atoms with Crippen molar-refractivity contribution < 1.29 is 0 Å². The number of rotatable bonds is 3. The van der Waals surface area contributed by atoms with Gasteiger partial charge < -0.3 is 9.88 Å². The van der Waals surface area contributed by atoms with E-state index in [1.54, 1.807) is 19.4 Å². The lowest BCUT2D eigenvalue weighted by Gasteiger charge is -2.38. The molecule has 1 aliphatic rings. The van der Waals surface area contributed by atoms with Crippen LogP contribution in [0.3, 0.4) is 0 Å². The molecule has 1 aromatic rings. The minimum atomic E-state index is -0.172. The lowest BCUT2D eigenvalue weighted by Crippen LogP contribution is -2.45. The molecule has 0 bridgehead atoms. The van der Waals surface area contributed by atoms with Gasteiger partial charge in [-0.3, -0.25) is 4.79 Å². The second kappa shape index (κ2) is 5.31. The Bertz CT molecular complexity index is 464. The second-order valence-corrected chi connectivity index (χ2v) is 5.68. The molecule has 1 fully saturated rings. The SMILES string of the molecule is CC1CCC(CCl)(Nc2nccn(C)c2=O)CC1. The molecule has 4 nitrogen and oxygen atoms in total. The van der Waals surface area contributed by atoms with Gasteiger partial charge in [0.05, 0.1) is 5.54 Å². The summed E-state index contributed by atoms with van der Waals surface area (Å²) in [5.74, 6) is 1.67. The van der Waals surface area contributed by atoms with Gasteiger partial charge in [-0.05, 0) is 31.6 Å². The van der Waals surface area contributed by atoms with Gasteiger partial charge in [0.25, 0.3) is 5.56 Å². The van der Waals surface area contributed by atoms with Crippen LogP contribution in [0.1, 0.15) is 32.6 Å². The van der Waals surface area contributed by atoms with Crippen molar-refractivity contribution in [1.82, 2.24) is 9.55 Å². The zero-order valence-corrected chi connectivity index (χ0v) is 11.7. The van der Waals surface area contributed by atoms with E-state index in [9.17, 15) is 4.79 Å². The summed E-state index contributed by atoms with van der Waals surface area (Å²) < 4.78 is 1.53. The Labute approximate surface area is 112 Å². The Balaban J connectivity index is 2.20. The van der Waals surface area contributed by atoms with E-state index in [4.69, 9.17) is 11.6 Å². The molecule has 0 unspecified atom stereocenters. The first-order valence-corrected chi connectivity index (χ1v) is 6.95. The summed E-state index contributed by atoms with van der Waals surface area (Å²) in [4.78, 5) is 16.1. The van der Waals surface area contributed by atoms with Gasteiger partial charge >= 0.3 is 0 Å². The molecule has 0 spiro atoms. The van der Waals surface area contributed by atoms with Gasteiger partial charge in [-0.2, -0.15) is 0 Å². The Morgan fingerprint density at radius 2 is 2.22 bits per heavy atom. The number of nitrogens with one attached hydrogen (secondary N) is 1.